The molecule has 0 aliphatic carbocycles. The zero-order chi connectivity index (χ0) is 18.9. The molecule has 1 aliphatic rings. The molecule has 28 heavy (non-hydrogen) atoms. The number of para-hydroxylation sites is 1. The van der Waals surface area contributed by atoms with Crippen molar-refractivity contribution >= 4 is 16.7 Å². The summed E-state index contributed by atoms with van der Waals surface area (Å²) >= 11 is 0. The number of hydrogen-bond acceptors (Lipinski definition) is 6. The number of phenols is 1. The summed E-state index contributed by atoms with van der Waals surface area (Å²) < 4.78 is 0. The molecule has 1 aliphatic heterocycles. The Morgan fingerprint density at radius 1 is 1.07 bits per heavy atom. The van der Waals surface area contributed by atoms with Gasteiger partial charge in [0, 0.05) is 29.7 Å². The molecular weight excluding hydrogens is 352 g/mol. The summed E-state index contributed by atoms with van der Waals surface area (Å²) in [6, 6.07) is 13.7. The highest BCUT2D eigenvalue weighted by Gasteiger charge is 2.18. The summed E-state index contributed by atoms with van der Waals surface area (Å²) in [5.41, 5.74) is 3.32. The van der Waals surface area contributed by atoms with Gasteiger partial charge in [0.2, 0.25) is 0 Å². The Labute approximate surface area is 161 Å². The van der Waals surface area contributed by atoms with Gasteiger partial charge in [-0.1, -0.05) is 18.2 Å². The third-order valence-electron chi connectivity index (χ3n) is 5.07. The number of H-pyrrole nitrogens is 1. The molecule has 0 amide bonds. The summed E-state index contributed by atoms with van der Waals surface area (Å²) in [7, 11) is 0. The molecule has 0 bridgehead atoms. The van der Waals surface area contributed by atoms with Crippen LogP contribution in [0.15, 0.2) is 54.9 Å². The number of phenolic OH excluding ortho intramolecular Hbond substituents is 1. The van der Waals surface area contributed by atoms with Crippen LogP contribution in [0.4, 0.5) is 5.82 Å². The van der Waals surface area contributed by atoms with Gasteiger partial charge in [-0.15, -0.1) is 0 Å². The van der Waals surface area contributed by atoms with E-state index in [1.807, 2.05) is 42.6 Å². The first-order valence-electron chi connectivity index (χ1n) is 9.34. The van der Waals surface area contributed by atoms with Crippen molar-refractivity contribution in [1.29, 1.82) is 0 Å². The van der Waals surface area contributed by atoms with Gasteiger partial charge < -0.3 is 15.7 Å². The van der Waals surface area contributed by atoms with Crippen LogP contribution in [0.1, 0.15) is 6.42 Å². The predicted octanol–water partition coefficient (Wildman–Crippen LogP) is 3.17. The Hall–Kier alpha value is -3.45. The highest BCUT2D eigenvalue weighted by molar-refractivity contribution is 5.91. The minimum Gasteiger partial charge on any atom is -0.507 e. The predicted molar refractivity (Wildman–Crippen MR) is 109 cm³/mol. The van der Waals surface area contributed by atoms with Crippen molar-refractivity contribution in [2.24, 2.45) is 0 Å². The zero-order valence-electron chi connectivity index (χ0n) is 15.2. The lowest BCUT2D eigenvalue weighted by atomic mass is 10.0. The van der Waals surface area contributed by atoms with Crippen LogP contribution >= 0.6 is 0 Å². The van der Waals surface area contributed by atoms with Crippen molar-refractivity contribution in [3.63, 3.8) is 0 Å². The number of hydrogen-bond donors (Lipinski definition) is 4. The zero-order valence-corrected chi connectivity index (χ0v) is 15.2. The van der Waals surface area contributed by atoms with E-state index in [1.165, 1.54) is 0 Å². The van der Waals surface area contributed by atoms with Gasteiger partial charge in [-0.25, -0.2) is 9.97 Å². The number of nitrogens with one attached hydrogen (secondary N) is 3. The van der Waals surface area contributed by atoms with E-state index in [-0.39, 0.29) is 5.75 Å². The second-order valence-electron chi connectivity index (χ2n) is 6.97. The van der Waals surface area contributed by atoms with E-state index < -0.39 is 0 Å². The Morgan fingerprint density at radius 2 is 2.00 bits per heavy atom. The lowest BCUT2D eigenvalue weighted by molar-refractivity contribution is 0.477. The fourth-order valence-electron chi connectivity index (χ4n) is 3.58. The topological polar surface area (TPSA) is 98.8 Å². The van der Waals surface area contributed by atoms with Crippen LogP contribution in [0.5, 0.6) is 5.75 Å². The van der Waals surface area contributed by atoms with Crippen LogP contribution in [0.2, 0.25) is 0 Å². The molecule has 0 saturated carbocycles. The van der Waals surface area contributed by atoms with E-state index >= 15 is 0 Å². The number of benzene rings is 2. The van der Waals surface area contributed by atoms with Gasteiger partial charge in [-0.05, 0) is 42.8 Å². The van der Waals surface area contributed by atoms with Crippen molar-refractivity contribution in [3.05, 3.63) is 54.9 Å². The highest BCUT2D eigenvalue weighted by atomic mass is 16.3. The average molecular weight is 372 g/mol. The molecule has 1 fully saturated rings. The van der Waals surface area contributed by atoms with Gasteiger partial charge in [-0.2, -0.15) is 5.10 Å². The molecule has 1 saturated heterocycles. The van der Waals surface area contributed by atoms with E-state index in [2.05, 4.69) is 20.8 Å². The number of aromatic nitrogens is 4. The van der Waals surface area contributed by atoms with Crippen molar-refractivity contribution < 1.29 is 5.11 Å². The monoisotopic (exact) mass is 372 g/mol. The normalized spacial score (nSPS) is 16.5. The van der Waals surface area contributed by atoms with Gasteiger partial charge in [0.15, 0.2) is 5.82 Å². The minimum absolute atomic E-state index is 0.149. The molecule has 3 heterocycles. The Morgan fingerprint density at radius 3 is 2.82 bits per heavy atom. The fraction of sp³-hybridized carbons (Fsp3) is 0.190. The van der Waals surface area contributed by atoms with Crippen molar-refractivity contribution in [2.45, 2.75) is 12.5 Å². The van der Waals surface area contributed by atoms with E-state index in [4.69, 9.17) is 9.97 Å². The summed E-state index contributed by atoms with van der Waals surface area (Å²) in [5.74, 6) is 1.44. The SMILES string of the molecule is Oc1ccc(-c2cn[nH]c2)cc1-c1nc(NC2CCNC2)c2ccccc2n1. The molecular formula is C21H20N6O. The van der Waals surface area contributed by atoms with Crippen LogP contribution in [0.25, 0.3) is 33.4 Å². The Bertz CT molecular complexity index is 1120. The number of aromatic hydroxyl groups is 1. The van der Waals surface area contributed by atoms with Crippen LogP contribution < -0.4 is 10.6 Å². The summed E-state index contributed by atoms with van der Waals surface area (Å²) in [4.78, 5) is 9.50. The standard InChI is InChI=1S/C21H20N6O/c28-19-6-5-13(14-10-23-24-11-14)9-17(19)21-26-18-4-2-1-3-16(18)20(27-21)25-15-7-8-22-12-15/h1-6,9-11,15,22,28H,7-8,12H2,(H,23,24)(H,25,26,27). The molecule has 2 aromatic heterocycles. The first kappa shape index (κ1) is 16.7. The first-order chi connectivity index (χ1) is 13.8. The molecule has 4 aromatic rings. The Balaban J connectivity index is 1.63. The lowest BCUT2D eigenvalue weighted by Gasteiger charge is -2.16. The Kier molecular flexibility index (Phi) is 4.14. The van der Waals surface area contributed by atoms with Crippen molar-refractivity contribution in [1.82, 2.24) is 25.5 Å². The maximum atomic E-state index is 10.5. The van der Waals surface area contributed by atoms with Gasteiger partial charge in [0.1, 0.15) is 11.6 Å². The summed E-state index contributed by atoms with van der Waals surface area (Å²) in [6.45, 7) is 1.91. The molecule has 7 heteroatoms. The molecule has 4 N–H and O–H groups in total. The number of rotatable bonds is 4. The van der Waals surface area contributed by atoms with E-state index in [0.29, 0.717) is 17.4 Å². The smallest absolute Gasteiger partial charge is 0.165 e. The van der Waals surface area contributed by atoms with Crippen LogP contribution in [-0.2, 0) is 0 Å². The second-order valence-corrected chi connectivity index (χ2v) is 6.97. The third-order valence-corrected chi connectivity index (χ3v) is 5.07. The van der Waals surface area contributed by atoms with Gasteiger partial charge in [-0.3, -0.25) is 5.10 Å². The van der Waals surface area contributed by atoms with Crippen molar-refractivity contribution in [2.75, 3.05) is 18.4 Å². The number of fused-ring (bicyclic) bond motifs is 1. The number of nitrogens with zero attached hydrogens (tertiary/aromatic N) is 3. The molecule has 5 rings (SSSR count). The molecule has 7 nitrogen and oxygen atoms in total. The fourth-order valence-corrected chi connectivity index (χ4v) is 3.58. The number of aromatic amines is 1. The molecule has 1 unspecified atom stereocenters. The minimum atomic E-state index is 0.149. The van der Waals surface area contributed by atoms with Crippen LogP contribution in [0.3, 0.4) is 0 Å². The lowest BCUT2D eigenvalue weighted by Crippen LogP contribution is -2.23. The first-order valence-corrected chi connectivity index (χ1v) is 9.34. The summed E-state index contributed by atoms with van der Waals surface area (Å²) in [5, 5.41) is 25.2. The maximum absolute atomic E-state index is 10.5. The van der Waals surface area contributed by atoms with Gasteiger partial charge in [0.05, 0.1) is 17.3 Å². The maximum Gasteiger partial charge on any atom is 0.165 e. The number of anilines is 1. The quantitative estimate of drug-likeness (QED) is 0.439. The van der Waals surface area contributed by atoms with Gasteiger partial charge >= 0.3 is 0 Å². The third kappa shape index (κ3) is 3.05. The van der Waals surface area contributed by atoms with E-state index in [9.17, 15) is 5.11 Å². The molecule has 0 spiro atoms. The van der Waals surface area contributed by atoms with E-state index in [0.717, 1.165) is 47.4 Å². The molecule has 0 radical (unpaired) electrons. The van der Waals surface area contributed by atoms with E-state index in [1.54, 1.807) is 12.3 Å². The highest BCUT2D eigenvalue weighted by Crippen LogP contribution is 2.34. The largest absolute Gasteiger partial charge is 0.507 e. The molecule has 2 aromatic carbocycles. The van der Waals surface area contributed by atoms with Crippen LogP contribution in [0, 0.1) is 0 Å². The van der Waals surface area contributed by atoms with Gasteiger partial charge in [0.25, 0.3) is 0 Å². The molecule has 140 valence electrons. The van der Waals surface area contributed by atoms with Crippen LogP contribution in [-0.4, -0.2) is 44.4 Å². The molecule has 1 atom stereocenters. The second kappa shape index (κ2) is 6.94. The van der Waals surface area contributed by atoms with Crippen molar-refractivity contribution in [3.8, 4) is 28.3 Å². The average Bonchev–Trinajstić information content (AvgIpc) is 3.42. The summed E-state index contributed by atoms with van der Waals surface area (Å²) in [6.07, 6.45) is 4.61.